The van der Waals surface area contributed by atoms with Gasteiger partial charge in [-0.15, -0.1) is 0 Å². The molecule has 2 rings (SSSR count). The molecule has 1 unspecified atom stereocenters. The SMILES string of the molecule is COc1cc(C(C)O)ccc1OCc1ncc(Cl)n1C. The van der Waals surface area contributed by atoms with Crippen LogP contribution in [0.1, 0.15) is 24.4 Å². The minimum absolute atomic E-state index is 0.285. The molecule has 0 aliphatic carbocycles. The summed E-state index contributed by atoms with van der Waals surface area (Å²) in [5.74, 6) is 1.89. The molecule has 0 saturated carbocycles. The molecule has 1 heterocycles. The van der Waals surface area contributed by atoms with Crippen LogP contribution in [0.3, 0.4) is 0 Å². The monoisotopic (exact) mass is 296 g/mol. The van der Waals surface area contributed by atoms with E-state index in [0.29, 0.717) is 16.7 Å². The van der Waals surface area contributed by atoms with Crippen molar-refractivity contribution in [2.45, 2.75) is 19.6 Å². The van der Waals surface area contributed by atoms with E-state index in [1.54, 1.807) is 43.0 Å². The molecule has 1 N–H and O–H groups in total. The zero-order valence-electron chi connectivity index (χ0n) is 11.6. The Bertz CT molecular complexity index is 596. The largest absolute Gasteiger partial charge is 0.493 e. The Balaban J connectivity index is 2.15. The summed E-state index contributed by atoms with van der Waals surface area (Å²) in [6.07, 6.45) is 1.03. The molecule has 0 bridgehead atoms. The van der Waals surface area contributed by atoms with Gasteiger partial charge in [0, 0.05) is 7.05 Å². The number of hydrogen-bond donors (Lipinski definition) is 1. The zero-order chi connectivity index (χ0) is 14.7. The maximum atomic E-state index is 9.56. The minimum atomic E-state index is -0.550. The fourth-order valence-corrected chi connectivity index (χ4v) is 1.91. The molecular weight excluding hydrogens is 280 g/mol. The molecule has 1 atom stereocenters. The van der Waals surface area contributed by atoms with Gasteiger partial charge in [0.1, 0.15) is 17.6 Å². The Labute approximate surface area is 122 Å². The first kappa shape index (κ1) is 14.7. The lowest BCUT2D eigenvalue weighted by Crippen LogP contribution is -2.05. The van der Waals surface area contributed by atoms with Crippen molar-refractivity contribution in [2.75, 3.05) is 7.11 Å². The number of ether oxygens (including phenoxy) is 2. The molecule has 0 aliphatic heterocycles. The quantitative estimate of drug-likeness (QED) is 0.922. The smallest absolute Gasteiger partial charge is 0.161 e. The average molecular weight is 297 g/mol. The van der Waals surface area contributed by atoms with Crippen LogP contribution in [0.2, 0.25) is 5.15 Å². The molecule has 0 spiro atoms. The highest BCUT2D eigenvalue weighted by Crippen LogP contribution is 2.30. The van der Waals surface area contributed by atoms with Crippen LogP contribution < -0.4 is 9.47 Å². The molecule has 0 aliphatic rings. The van der Waals surface area contributed by atoms with Gasteiger partial charge < -0.3 is 19.1 Å². The fourth-order valence-electron chi connectivity index (χ4n) is 1.76. The maximum Gasteiger partial charge on any atom is 0.161 e. The summed E-state index contributed by atoms with van der Waals surface area (Å²) in [5, 5.41) is 10.1. The fraction of sp³-hybridized carbons (Fsp3) is 0.357. The summed E-state index contributed by atoms with van der Waals surface area (Å²) < 4.78 is 12.7. The standard InChI is InChI=1S/C14H17ClN2O3/c1-9(18)10-4-5-11(12(6-10)19-3)20-8-14-16-7-13(15)17(14)2/h4-7,9,18H,8H2,1-3H3. The Morgan fingerprint density at radius 1 is 1.40 bits per heavy atom. The Hall–Kier alpha value is -1.72. The zero-order valence-corrected chi connectivity index (χ0v) is 12.4. The number of hydrogen-bond acceptors (Lipinski definition) is 4. The van der Waals surface area contributed by atoms with Crippen molar-refractivity contribution in [3.05, 3.63) is 40.9 Å². The number of methoxy groups -OCH3 is 1. The Morgan fingerprint density at radius 3 is 2.70 bits per heavy atom. The molecule has 5 nitrogen and oxygen atoms in total. The number of aromatic nitrogens is 2. The molecule has 0 radical (unpaired) electrons. The molecule has 6 heteroatoms. The van der Waals surface area contributed by atoms with Crippen LogP contribution in [-0.4, -0.2) is 21.8 Å². The molecule has 0 amide bonds. The first-order chi connectivity index (χ1) is 9.52. The molecular formula is C14H17ClN2O3. The number of halogens is 1. The Kier molecular flexibility index (Phi) is 4.52. The van der Waals surface area contributed by atoms with Gasteiger partial charge in [0.25, 0.3) is 0 Å². The molecule has 20 heavy (non-hydrogen) atoms. The van der Waals surface area contributed by atoms with E-state index in [2.05, 4.69) is 4.98 Å². The van der Waals surface area contributed by atoms with E-state index in [1.807, 2.05) is 7.05 Å². The van der Waals surface area contributed by atoms with Crippen molar-refractivity contribution in [3.63, 3.8) is 0 Å². The first-order valence-corrected chi connectivity index (χ1v) is 6.55. The van der Waals surface area contributed by atoms with Crippen LogP contribution in [0, 0.1) is 0 Å². The second-order valence-electron chi connectivity index (χ2n) is 4.43. The van der Waals surface area contributed by atoms with Gasteiger partial charge in [-0.3, -0.25) is 0 Å². The van der Waals surface area contributed by atoms with Crippen molar-refractivity contribution in [1.29, 1.82) is 0 Å². The van der Waals surface area contributed by atoms with Crippen LogP contribution in [0.25, 0.3) is 0 Å². The third kappa shape index (κ3) is 3.05. The van der Waals surface area contributed by atoms with Gasteiger partial charge in [-0.05, 0) is 24.6 Å². The molecule has 108 valence electrons. The molecule has 2 aromatic rings. The van der Waals surface area contributed by atoms with Gasteiger partial charge in [0.2, 0.25) is 0 Å². The van der Waals surface area contributed by atoms with E-state index in [1.165, 1.54) is 0 Å². The second-order valence-corrected chi connectivity index (χ2v) is 4.82. The summed E-state index contributed by atoms with van der Waals surface area (Å²) in [6, 6.07) is 5.32. The second kappa shape index (κ2) is 6.15. The summed E-state index contributed by atoms with van der Waals surface area (Å²) in [7, 11) is 3.38. The van der Waals surface area contributed by atoms with Crippen LogP contribution in [-0.2, 0) is 13.7 Å². The third-order valence-electron chi connectivity index (χ3n) is 3.05. The number of aliphatic hydroxyl groups is 1. The lowest BCUT2D eigenvalue weighted by molar-refractivity contribution is 0.198. The molecule has 0 saturated heterocycles. The lowest BCUT2D eigenvalue weighted by Gasteiger charge is -2.13. The summed E-state index contributed by atoms with van der Waals surface area (Å²) in [5.41, 5.74) is 0.772. The highest BCUT2D eigenvalue weighted by atomic mass is 35.5. The maximum absolute atomic E-state index is 9.56. The number of benzene rings is 1. The minimum Gasteiger partial charge on any atom is -0.493 e. The predicted octanol–water partition coefficient (Wildman–Crippen LogP) is 2.71. The van der Waals surface area contributed by atoms with Gasteiger partial charge in [-0.1, -0.05) is 17.7 Å². The van der Waals surface area contributed by atoms with Gasteiger partial charge in [0.15, 0.2) is 11.5 Å². The van der Waals surface area contributed by atoms with Crippen LogP contribution in [0.4, 0.5) is 0 Å². The highest BCUT2D eigenvalue weighted by Gasteiger charge is 2.11. The van der Waals surface area contributed by atoms with E-state index < -0.39 is 6.10 Å². The summed E-state index contributed by atoms with van der Waals surface area (Å²) >= 11 is 5.92. The number of nitrogens with zero attached hydrogens (tertiary/aromatic N) is 2. The van der Waals surface area contributed by atoms with Crippen LogP contribution in [0.5, 0.6) is 11.5 Å². The summed E-state index contributed by atoms with van der Waals surface area (Å²) in [6.45, 7) is 1.98. The van der Waals surface area contributed by atoms with Gasteiger partial charge >= 0.3 is 0 Å². The van der Waals surface area contributed by atoms with Crippen molar-refractivity contribution >= 4 is 11.6 Å². The third-order valence-corrected chi connectivity index (χ3v) is 3.41. The molecule has 1 aromatic carbocycles. The van der Waals surface area contributed by atoms with E-state index in [4.69, 9.17) is 21.1 Å². The van der Waals surface area contributed by atoms with Crippen LogP contribution in [0.15, 0.2) is 24.4 Å². The topological polar surface area (TPSA) is 56.5 Å². The van der Waals surface area contributed by atoms with Crippen molar-refractivity contribution < 1.29 is 14.6 Å². The van der Waals surface area contributed by atoms with Crippen molar-refractivity contribution in [1.82, 2.24) is 9.55 Å². The van der Waals surface area contributed by atoms with Crippen LogP contribution >= 0.6 is 11.6 Å². The van der Waals surface area contributed by atoms with E-state index in [-0.39, 0.29) is 6.61 Å². The van der Waals surface area contributed by atoms with E-state index >= 15 is 0 Å². The normalized spacial score (nSPS) is 12.2. The van der Waals surface area contributed by atoms with Crippen molar-refractivity contribution in [3.8, 4) is 11.5 Å². The van der Waals surface area contributed by atoms with E-state index in [0.717, 1.165) is 11.4 Å². The lowest BCUT2D eigenvalue weighted by atomic mass is 10.1. The summed E-state index contributed by atoms with van der Waals surface area (Å²) in [4.78, 5) is 4.16. The Morgan fingerprint density at radius 2 is 2.15 bits per heavy atom. The number of aliphatic hydroxyl groups excluding tert-OH is 1. The van der Waals surface area contributed by atoms with Crippen molar-refractivity contribution in [2.24, 2.45) is 7.05 Å². The molecule has 1 aromatic heterocycles. The predicted molar refractivity (Wildman–Crippen MR) is 76.2 cm³/mol. The highest BCUT2D eigenvalue weighted by molar-refractivity contribution is 6.29. The number of imidazole rings is 1. The van der Waals surface area contributed by atoms with E-state index in [9.17, 15) is 5.11 Å². The first-order valence-electron chi connectivity index (χ1n) is 6.17. The van der Waals surface area contributed by atoms with Gasteiger partial charge in [-0.25, -0.2) is 4.98 Å². The number of rotatable bonds is 5. The van der Waals surface area contributed by atoms with Gasteiger partial charge in [-0.2, -0.15) is 0 Å². The average Bonchev–Trinajstić information content (AvgIpc) is 2.76. The van der Waals surface area contributed by atoms with Gasteiger partial charge in [0.05, 0.1) is 19.4 Å². The molecule has 0 fully saturated rings.